The highest BCUT2D eigenvalue weighted by atomic mass is 35.5. The van der Waals surface area contributed by atoms with E-state index >= 15 is 0 Å². The van der Waals surface area contributed by atoms with Crippen LogP contribution in [-0.2, 0) is 6.54 Å². The van der Waals surface area contributed by atoms with Gasteiger partial charge in [0.1, 0.15) is 0 Å². The summed E-state index contributed by atoms with van der Waals surface area (Å²) in [5.41, 5.74) is 1.36. The number of piperazine rings is 1. The SMILES string of the molecule is CCC1CN(Cc2ccc(Cl)cc2)C(CC)CN1. The van der Waals surface area contributed by atoms with Crippen LogP contribution in [0.15, 0.2) is 24.3 Å². The largest absolute Gasteiger partial charge is 0.311 e. The summed E-state index contributed by atoms with van der Waals surface area (Å²) >= 11 is 5.93. The van der Waals surface area contributed by atoms with Gasteiger partial charge < -0.3 is 5.32 Å². The van der Waals surface area contributed by atoms with E-state index in [0.717, 1.165) is 24.7 Å². The maximum Gasteiger partial charge on any atom is 0.0406 e. The molecule has 3 heteroatoms. The predicted molar refractivity (Wildman–Crippen MR) is 78.0 cm³/mol. The summed E-state index contributed by atoms with van der Waals surface area (Å²) in [5.74, 6) is 0. The standard InChI is InChI=1S/C15H23ClN2/c1-3-14-11-18(15(4-2)9-17-14)10-12-5-7-13(16)8-6-12/h5-8,14-15,17H,3-4,9-11H2,1-2H3. The topological polar surface area (TPSA) is 15.3 Å². The minimum Gasteiger partial charge on any atom is -0.311 e. The lowest BCUT2D eigenvalue weighted by molar-refractivity contribution is 0.117. The molecule has 1 fully saturated rings. The van der Waals surface area contributed by atoms with Crippen molar-refractivity contribution < 1.29 is 0 Å². The van der Waals surface area contributed by atoms with E-state index in [-0.39, 0.29) is 0 Å². The normalized spacial score (nSPS) is 25.3. The fourth-order valence-electron chi connectivity index (χ4n) is 2.62. The van der Waals surface area contributed by atoms with Gasteiger partial charge in [-0.15, -0.1) is 0 Å². The van der Waals surface area contributed by atoms with E-state index in [4.69, 9.17) is 11.6 Å². The third kappa shape index (κ3) is 3.47. The van der Waals surface area contributed by atoms with Crippen LogP contribution in [-0.4, -0.2) is 30.1 Å². The quantitative estimate of drug-likeness (QED) is 0.900. The average molecular weight is 267 g/mol. The molecule has 2 rings (SSSR count). The molecule has 1 saturated heterocycles. The van der Waals surface area contributed by atoms with Crippen LogP contribution in [0.5, 0.6) is 0 Å². The summed E-state index contributed by atoms with van der Waals surface area (Å²) in [6.45, 7) is 7.83. The molecule has 1 heterocycles. The zero-order valence-electron chi connectivity index (χ0n) is 11.3. The number of rotatable bonds is 4. The Hall–Kier alpha value is -0.570. The van der Waals surface area contributed by atoms with Crippen molar-refractivity contribution in [2.75, 3.05) is 13.1 Å². The highest BCUT2D eigenvalue weighted by Crippen LogP contribution is 2.17. The third-order valence-electron chi connectivity index (χ3n) is 3.88. The molecule has 0 radical (unpaired) electrons. The summed E-state index contributed by atoms with van der Waals surface area (Å²) in [7, 11) is 0. The van der Waals surface area contributed by atoms with Gasteiger partial charge in [0, 0.05) is 36.7 Å². The van der Waals surface area contributed by atoms with Crippen LogP contribution < -0.4 is 5.32 Å². The van der Waals surface area contributed by atoms with E-state index < -0.39 is 0 Å². The average Bonchev–Trinajstić information content (AvgIpc) is 2.41. The Morgan fingerprint density at radius 3 is 2.56 bits per heavy atom. The summed E-state index contributed by atoms with van der Waals surface area (Å²) < 4.78 is 0. The molecule has 0 aromatic heterocycles. The molecule has 2 unspecified atom stereocenters. The highest BCUT2D eigenvalue weighted by molar-refractivity contribution is 6.30. The second-order valence-electron chi connectivity index (χ2n) is 5.13. The van der Waals surface area contributed by atoms with Crippen LogP contribution in [0.1, 0.15) is 32.3 Å². The van der Waals surface area contributed by atoms with Crippen LogP contribution in [0.3, 0.4) is 0 Å². The van der Waals surface area contributed by atoms with E-state index in [2.05, 4.69) is 36.2 Å². The molecule has 0 aliphatic carbocycles. The first-order valence-electron chi connectivity index (χ1n) is 6.94. The van der Waals surface area contributed by atoms with E-state index in [1.165, 1.54) is 18.4 Å². The van der Waals surface area contributed by atoms with Gasteiger partial charge >= 0.3 is 0 Å². The number of hydrogen-bond donors (Lipinski definition) is 1. The van der Waals surface area contributed by atoms with Gasteiger partial charge in [0.15, 0.2) is 0 Å². The molecule has 0 saturated carbocycles. The van der Waals surface area contributed by atoms with E-state index in [1.54, 1.807) is 0 Å². The molecule has 1 aromatic carbocycles. The fraction of sp³-hybridized carbons (Fsp3) is 0.600. The summed E-state index contributed by atoms with van der Waals surface area (Å²) in [4.78, 5) is 2.61. The fourth-order valence-corrected chi connectivity index (χ4v) is 2.75. The lowest BCUT2D eigenvalue weighted by Gasteiger charge is -2.40. The molecule has 100 valence electrons. The third-order valence-corrected chi connectivity index (χ3v) is 4.13. The van der Waals surface area contributed by atoms with Gasteiger partial charge in [-0.05, 0) is 30.5 Å². The zero-order valence-corrected chi connectivity index (χ0v) is 12.1. The van der Waals surface area contributed by atoms with Crippen LogP contribution >= 0.6 is 11.6 Å². The molecule has 1 aromatic rings. The lowest BCUT2D eigenvalue weighted by Crippen LogP contribution is -2.55. The second-order valence-corrected chi connectivity index (χ2v) is 5.57. The maximum atomic E-state index is 5.93. The van der Waals surface area contributed by atoms with Gasteiger partial charge in [-0.25, -0.2) is 0 Å². The van der Waals surface area contributed by atoms with Gasteiger partial charge in [-0.3, -0.25) is 4.90 Å². The number of nitrogens with zero attached hydrogens (tertiary/aromatic N) is 1. The van der Waals surface area contributed by atoms with Crippen molar-refractivity contribution in [3.05, 3.63) is 34.9 Å². The Balaban J connectivity index is 2.02. The number of nitrogens with one attached hydrogen (secondary N) is 1. The van der Waals surface area contributed by atoms with Gasteiger partial charge in [-0.1, -0.05) is 37.6 Å². The molecular formula is C15H23ClN2. The van der Waals surface area contributed by atoms with E-state index in [1.807, 2.05) is 12.1 Å². The maximum absolute atomic E-state index is 5.93. The summed E-state index contributed by atoms with van der Waals surface area (Å²) in [6, 6.07) is 9.54. The molecule has 0 amide bonds. The van der Waals surface area contributed by atoms with Crippen molar-refractivity contribution >= 4 is 11.6 Å². The minimum absolute atomic E-state index is 0.639. The summed E-state index contributed by atoms with van der Waals surface area (Å²) in [6.07, 6.45) is 2.41. The Morgan fingerprint density at radius 1 is 1.22 bits per heavy atom. The highest BCUT2D eigenvalue weighted by Gasteiger charge is 2.25. The Kier molecular flexibility index (Phi) is 5.04. The van der Waals surface area contributed by atoms with Gasteiger partial charge in [0.2, 0.25) is 0 Å². The summed E-state index contributed by atoms with van der Waals surface area (Å²) in [5, 5.41) is 4.45. The van der Waals surface area contributed by atoms with E-state index in [9.17, 15) is 0 Å². The number of hydrogen-bond acceptors (Lipinski definition) is 2. The first-order chi connectivity index (χ1) is 8.72. The molecule has 1 aliphatic heterocycles. The monoisotopic (exact) mass is 266 g/mol. The van der Waals surface area contributed by atoms with E-state index in [0.29, 0.717) is 12.1 Å². The molecule has 1 aliphatic rings. The molecule has 0 bridgehead atoms. The van der Waals surface area contributed by atoms with Crippen molar-refractivity contribution in [1.29, 1.82) is 0 Å². The van der Waals surface area contributed by atoms with Crippen LogP contribution in [0, 0.1) is 0 Å². The second kappa shape index (κ2) is 6.55. The van der Waals surface area contributed by atoms with Crippen molar-refractivity contribution in [2.45, 2.75) is 45.3 Å². The Bertz CT molecular complexity index is 363. The Morgan fingerprint density at radius 2 is 1.94 bits per heavy atom. The van der Waals surface area contributed by atoms with Crippen molar-refractivity contribution in [2.24, 2.45) is 0 Å². The molecule has 2 atom stereocenters. The van der Waals surface area contributed by atoms with Gasteiger partial charge in [0.25, 0.3) is 0 Å². The molecule has 0 spiro atoms. The first kappa shape index (κ1) is 13.9. The molecule has 2 nitrogen and oxygen atoms in total. The Labute approximate surface area is 115 Å². The van der Waals surface area contributed by atoms with Crippen molar-refractivity contribution in [1.82, 2.24) is 10.2 Å². The first-order valence-corrected chi connectivity index (χ1v) is 7.32. The molecule has 1 N–H and O–H groups in total. The van der Waals surface area contributed by atoms with Gasteiger partial charge in [-0.2, -0.15) is 0 Å². The van der Waals surface area contributed by atoms with Crippen molar-refractivity contribution in [3.63, 3.8) is 0 Å². The zero-order chi connectivity index (χ0) is 13.0. The lowest BCUT2D eigenvalue weighted by atomic mass is 10.0. The number of halogens is 1. The molecule has 18 heavy (non-hydrogen) atoms. The molecular weight excluding hydrogens is 244 g/mol. The number of benzene rings is 1. The van der Waals surface area contributed by atoms with Crippen LogP contribution in [0.4, 0.5) is 0 Å². The van der Waals surface area contributed by atoms with Crippen LogP contribution in [0.2, 0.25) is 5.02 Å². The smallest absolute Gasteiger partial charge is 0.0406 e. The van der Waals surface area contributed by atoms with Gasteiger partial charge in [0.05, 0.1) is 0 Å². The minimum atomic E-state index is 0.639. The predicted octanol–water partition coefficient (Wildman–Crippen LogP) is 3.30. The van der Waals surface area contributed by atoms with Crippen LogP contribution in [0.25, 0.3) is 0 Å². The van der Waals surface area contributed by atoms with Crippen molar-refractivity contribution in [3.8, 4) is 0 Å².